The van der Waals surface area contributed by atoms with Crippen LogP contribution in [0.3, 0.4) is 0 Å². The first-order chi connectivity index (χ1) is 5.11. The average molecular weight is 153 g/mol. The second kappa shape index (κ2) is 4.55. The van der Waals surface area contributed by atoms with E-state index < -0.39 is 0 Å². The molecular formula is C8H15N3. The van der Waals surface area contributed by atoms with Gasteiger partial charge in [-0.25, -0.2) is 4.99 Å². The van der Waals surface area contributed by atoms with E-state index in [1.54, 1.807) is 7.05 Å². The minimum atomic E-state index is 0.425. The Morgan fingerprint density at radius 1 is 1.55 bits per heavy atom. The first-order valence-corrected chi connectivity index (χ1v) is 3.41. The van der Waals surface area contributed by atoms with Crippen molar-refractivity contribution in [2.45, 2.75) is 13.8 Å². The van der Waals surface area contributed by atoms with Crippen LogP contribution in [-0.4, -0.2) is 13.8 Å². The molecule has 0 bridgehead atoms. The Morgan fingerprint density at radius 2 is 2.09 bits per heavy atom. The molecule has 0 aliphatic rings. The molecule has 0 radical (unpaired) electrons. The van der Waals surface area contributed by atoms with Gasteiger partial charge in [0.05, 0.1) is 5.70 Å². The van der Waals surface area contributed by atoms with Crippen LogP contribution in [0.25, 0.3) is 0 Å². The normalized spacial score (nSPS) is 11.5. The largest absolute Gasteiger partial charge is 0.385 e. The molecule has 0 atom stereocenters. The van der Waals surface area contributed by atoms with E-state index in [0.29, 0.717) is 5.82 Å². The molecule has 0 saturated heterocycles. The first-order valence-electron chi connectivity index (χ1n) is 3.41. The van der Waals surface area contributed by atoms with Crippen LogP contribution in [0, 0.1) is 0 Å². The van der Waals surface area contributed by atoms with Crippen LogP contribution in [0.15, 0.2) is 28.2 Å². The SMILES string of the molecule is C=N/C(N)=C(\C=C(C)C)NC. The number of hydrogen-bond donors (Lipinski definition) is 2. The maximum Gasteiger partial charge on any atom is 0.146 e. The molecule has 11 heavy (non-hydrogen) atoms. The predicted molar refractivity (Wildman–Crippen MR) is 49.3 cm³/mol. The molecule has 0 aromatic carbocycles. The van der Waals surface area contributed by atoms with Crippen molar-refractivity contribution in [3.05, 3.63) is 23.2 Å². The Hall–Kier alpha value is -1.25. The van der Waals surface area contributed by atoms with Crippen LogP contribution in [0.2, 0.25) is 0 Å². The van der Waals surface area contributed by atoms with Crippen molar-refractivity contribution in [3.8, 4) is 0 Å². The highest BCUT2D eigenvalue weighted by molar-refractivity contribution is 5.32. The Kier molecular flexibility index (Phi) is 4.03. The number of aliphatic imine (C=N–C) groups is 1. The summed E-state index contributed by atoms with van der Waals surface area (Å²) in [6, 6.07) is 0. The molecule has 0 aliphatic heterocycles. The van der Waals surface area contributed by atoms with Crippen molar-refractivity contribution in [1.82, 2.24) is 5.32 Å². The molecule has 3 N–H and O–H groups in total. The summed E-state index contributed by atoms with van der Waals surface area (Å²) < 4.78 is 0. The highest BCUT2D eigenvalue weighted by Crippen LogP contribution is 2.01. The maximum atomic E-state index is 5.52. The summed E-state index contributed by atoms with van der Waals surface area (Å²) in [6.45, 7) is 7.32. The third-order valence-corrected chi connectivity index (χ3v) is 1.15. The topological polar surface area (TPSA) is 50.4 Å². The summed E-state index contributed by atoms with van der Waals surface area (Å²) in [7, 11) is 1.80. The van der Waals surface area contributed by atoms with Gasteiger partial charge in [-0.3, -0.25) is 0 Å². The van der Waals surface area contributed by atoms with Crippen molar-refractivity contribution in [1.29, 1.82) is 0 Å². The molecule has 3 nitrogen and oxygen atoms in total. The summed E-state index contributed by atoms with van der Waals surface area (Å²) >= 11 is 0. The Morgan fingerprint density at radius 3 is 2.36 bits per heavy atom. The third-order valence-electron chi connectivity index (χ3n) is 1.15. The number of nitrogens with zero attached hydrogens (tertiary/aromatic N) is 1. The summed E-state index contributed by atoms with van der Waals surface area (Å²) in [5, 5.41) is 2.93. The minimum Gasteiger partial charge on any atom is -0.385 e. The monoisotopic (exact) mass is 153 g/mol. The van der Waals surface area contributed by atoms with Crippen LogP contribution in [-0.2, 0) is 0 Å². The highest BCUT2D eigenvalue weighted by atomic mass is 14.9. The van der Waals surface area contributed by atoms with E-state index >= 15 is 0 Å². The Balaban J connectivity index is 4.66. The van der Waals surface area contributed by atoms with E-state index in [2.05, 4.69) is 17.0 Å². The molecule has 0 aromatic rings. The fraction of sp³-hybridized carbons (Fsp3) is 0.375. The number of allylic oxidation sites excluding steroid dienone is 2. The van der Waals surface area contributed by atoms with Gasteiger partial charge in [0.15, 0.2) is 0 Å². The van der Waals surface area contributed by atoms with Gasteiger partial charge < -0.3 is 11.1 Å². The number of nitrogens with one attached hydrogen (secondary N) is 1. The molecule has 62 valence electrons. The molecule has 0 unspecified atom stereocenters. The lowest BCUT2D eigenvalue weighted by atomic mass is 10.2. The smallest absolute Gasteiger partial charge is 0.146 e. The Bertz CT molecular complexity index is 197. The van der Waals surface area contributed by atoms with Crippen LogP contribution < -0.4 is 11.1 Å². The van der Waals surface area contributed by atoms with Crippen LogP contribution >= 0.6 is 0 Å². The lowest BCUT2D eigenvalue weighted by molar-refractivity contribution is 0.976. The van der Waals surface area contributed by atoms with Crippen LogP contribution in [0.5, 0.6) is 0 Å². The fourth-order valence-electron chi connectivity index (χ4n) is 0.648. The molecule has 0 aliphatic carbocycles. The van der Waals surface area contributed by atoms with Gasteiger partial charge in [-0.05, 0) is 26.6 Å². The number of nitrogens with two attached hydrogens (primary N) is 1. The van der Waals surface area contributed by atoms with E-state index in [1.165, 1.54) is 5.57 Å². The van der Waals surface area contributed by atoms with Gasteiger partial charge in [0.1, 0.15) is 5.82 Å². The summed E-state index contributed by atoms with van der Waals surface area (Å²) in [6.07, 6.45) is 1.92. The number of likely N-dealkylation sites (N-methyl/N-ethyl adjacent to an activating group) is 1. The van der Waals surface area contributed by atoms with Gasteiger partial charge >= 0.3 is 0 Å². The van der Waals surface area contributed by atoms with Crippen molar-refractivity contribution in [3.63, 3.8) is 0 Å². The van der Waals surface area contributed by atoms with E-state index in [9.17, 15) is 0 Å². The van der Waals surface area contributed by atoms with Gasteiger partial charge in [-0.15, -0.1) is 0 Å². The van der Waals surface area contributed by atoms with Gasteiger partial charge in [0, 0.05) is 7.05 Å². The van der Waals surface area contributed by atoms with E-state index in [4.69, 9.17) is 5.73 Å². The van der Waals surface area contributed by atoms with Crippen LogP contribution in [0.1, 0.15) is 13.8 Å². The summed E-state index contributed by atoms with van der Waals surface area (Å²) in [4.78, 5) is 3.61. The van der Waals surface area contributed by atoms with Crippen molar-refractivity contribution in [2.75, 3.05) is 7.05 Å². The van der Waals surface area contributed by atoms with Gasteiger partial charge in [-0.1, -0.05) is 5.57 Å². The zero-order chi connectivity index (χ0) is 8.85. The van der Waals surface area contributed by atoms with Gasteiger partial charge in [-0.2, -0.15) is 0 Å². The second-order valence-corrected chi connectivity index (χ2v) is 2.43. The predicted octanol–water partition coefficient (Wildman–Crippen LogP) is 1.00. The quantitative estimate of drug-likeness (QED) is 0.469. The summed E-state index contributed by atoms with van der Waals surface area (Å²) in [5.41, 5.74) is 7.49. The Labute approximate surface area is 67.7 Å². The molecule has 0 fully saturated rings. The van der Waals surface area contributed by atoms with E-state index in [1.807, 2.05) is 19.9 Å². The molecule has 0 amide bonds. The molecule has 0 heterocycles. The molecule has 0 aromatic heterocycles. The minimum absolute atomic E-state index is 0.425. The van der Waals surface area contributed by atoms with Crippen molar-refractivity contribution < 1.29 is 0 Å². The number of rotatable bonds is 3. The maximum absolute atomic E-state index is 5.52. The van der Waals surface area contributed by atoms with Crippen LogP contribution in [0.4, 0.5) is 0 Å². The lowest BCUT2D eigenvalue weighted by Crippen LogP contribution is -2.11. The first kappa shape index (κ1) is 9.75. The average Bonchev–Trinajstić information content (AvgIpc) is 1.98. The summed E-state index contributed by atoms with van der Waals surface area (Å²) in [5.74, 6) is 0.425. The fourth-order valence-corrected chi connectivity index (χ4v) is 0.648. The second-order valence-electron chi connectivity index (χ2n) is 2.43. The van der Waals surface area contributed by atoms with E-state index in [-0.39, 0.29) is 0 Å². The van der Waals surface area contributed by atoms with Crippen molar-refractivity contribution in [2.24, 2.45) is 10.7 Å². The lowest BCUT2D eigenvalue weighted by Gasteiger charge is -2.03. The van der Waals surface area contributed by atoms with E-state index in [0.717, 1.165) is 5.70 Å². The highest BCUT2D eigenvalue weighted by Gasteiger charge is 1.93. The van der Waals surface area contributed by atoms with Gasteiger partial charge in [0.2, 0.25) is 0 Å². The van der Waals surface area contributed by atoms with Crippen molar-refractivity contribution >= 4 is 6.72 Å². The van der Waals surface area contributed by atoms with Gasteiger partial charge in [0.25, 0.3) is 0 Å². The molecule has 0 saturated carbocycles. The standard InChI is InChI=1S/C8H15N3/c1-6(2)5-7(10-3)8(9)11-4/h5,10H,4,9H2,1-3H3/b8-7+. The molecular weight excluding hydrogens is 138 g/mol. The zero-order valence-corrected chi connectivity index (χ0v) is 7.31. The zero-order valence-electron chi connectivity index (χ0n) is 7.31. The molecule has 3 heteroatoms. The molecule has 0 rings (SSSR count). The third kappa shape index (κ3) is 3.45. The molecule has 0 spiro atoms. The number of hydrogen-bond acceptors (Lipinski definition) is 3.